The van der Waals surface area contributed by atoms with Gasteiger partial charge in [-0.25, -0.2) is 0 Å². The molecule has 5 nitrogen and oxygen atoms in total. The van der Waals surface area contributed by atoms with Crippen LogP contribution in [-0.4, -0.2) is 57.4 Å². The van der Waals surface area contributed by atoms with Crippen LogP contribution in [0.15, 0.2) is 72.8 Å². The normalized spacial score (nSPS) is 32.2. The van der Waals surface area contributed by atoms with Crippen molar-refractivity contribution in [3.63, 3.8) is 0 Å². The molecule has 2 aliphatic heterocycles. The summed E-state index contributed by atoms with van der Waals surface area (Å²) in [4.78, 5) is 4.90. The van der Waals surface area contributed by atoms with Gasteiger partial charge in [0.1, 0.15) is 6.10 Å². The van der Waals surface area contributed by atoms with Crippen LogP contribution in [0.1, 0.15) is 41.5 Å². The van der Waals surface area contributed by atoms with Crippen molar-refractivity contribution < 1.29 is 14.9 Å². The Kier molecular flexibility index (Phi) is 5.01. The highest BCUT2D eigenvalue weighted by Gasteiger charge is 2.73. The van der Waals surface area contributed by atoms with E-state index >= 15 is 0 Å². The molecule has 4 aliphatic rings. The predicted molar refractivity (Wildman–Crippen MR) is 139 cm³/mol. The minimum atomic E-state index is -0.863. The van der Waals surface area contributed by atoms with Crippen molar-refractivity contribution in [3.05, 3.63) is 95.1 Å². The lowest BCUT2D eigenvalue weighted by atomic mass is 9.48. The van der Waals surface area contributed by atoms with Crippen molar-refractivity contribution in [1.82, 2.24) is 9.80 Å². The number of hydrogen-bond donors (Lipinski definition) is 2. The second-order valence-electron chi connectivity index (χ2n) is 11.3. The van der Waals surface area contributed by atoms with Crippen LogP contribution < -0.4 is 4.74 Å². The first-order valence-corrected chi connectivity index (χ1v) is 13.3. The van der Waals surface area contributed by atoms with Crippen molar-refractivity contribution in [2.24, 2.45) is 0 Å². The summed E-state index contributed by atoms with van der Waals surface area (Å²) in [7, 11) is 2.15. The molecule has 7 rings (SSSR count). The van der Waals surface area contributed by atoms with E-state index < -0.39 is 11.0 Å². The van der Waals surface area contributed by atoms with E-state index in [9.17, 15) is 10.2 Å². The predicted octanol–water partition coefficient (Wildman–Crippen LogP) is 4.25. The molecule has 2 fully saturated rings. The maximum Gasteiger partial charge on any atom is 0.165 e. The van der Waals surface area contributed by atoms with Gasteiger partial charge in [0.15, 0.2) is 11.5 Å². The van der Waals surface area contributed by atoms with Crippen molar-refractivity contribution in [1.29, 1.82) is 0 Å². The second kappa shape index (κ2) is 8.07. The third-order valence-corrected chi connectivity index (χ3v) is 9.62. The average Bonchev–Trinajstić information content (AvgIpc) is 3.25. The molecule has 3 aromatic carbocycles. The number of benzene rings is 3. The van der Waals surface area contributed by atoms with E-state index in [1.807, 2.05) is 0 Å². The Bertz CT molecular complexity index is 1240. The SMILES string of the molecule is CN1CC[C@]23c4c5ccc(O)c4OC2C(N(Cc2ccccc2)Cc2ccccc2)CC[C@@]3(O)C1C5. The number of phenolic OH excluding ortho intramolecular Hbond substituents is 1. The standard InChI is InChI=1S/C31H34N2O3/c1-32-17-16-30-27-23-12-13-25(34)28(27)36-29(30)24(14-15-31(30,35)26(32)18-23)33(19-21-8-4-2-5-9-21)20-22-10-6-3-7-11-22/h2-13,24,26,29,34-35H,14-20H2,1H3/t24?,26?,29?,30-,31+/m0/s1. The molecule has 1 spiro atoms. The first kappa shape index (κ1) is 22.3. The summed E-state index contributed by atoms with van der Waals surface area (Å²) < 4.78 is 6.81. The number of phenols is 1. The average molecular weight is 483 g/mol. The summed E-state index contributed by atoms with van der Waals surface area (Å²) in [5, 5.41) is 23.4. The van der Waals surface area contributed by atoms with E-state index in [1.165, 1.54) is 16.7 Å². The third kappa shape index (κ3) is 3.00. The summed E-state index contributed by atoms with van der Waals surface area (Å²) in [6.07, 6.45) is 3.03. The second-order valence-corrected chi connectivity index (χ2v) is 11.3. The van der Waals surface area contributed by atoms with Gasteiger partial charge in [-0.3, -0.25) is 4.90 Å². The molecule has 1 saturated carbocycles. The molecule has 2 N–H and O–H groups in total. The van der Waals surface area contributed by atoms with E-state index in [0.717, 1.165) is 50.9 Å². The molecule has 2 heterocycles. The van der Waals surface area contributed by atoms with Crippen molar-refractivity contribution in [3.8, 4) is 11.5 Å². The van der Waals surface area contributed by atoms with E-state index in [1.54, 1.807) is 6.07 Å². The quantitative estimate of drug-likeness (QED) is 0.570. The van der Waals surface area contributed by atoms with Crippen molar-refractivity contribution >= 4 is 0 Å². The summed E-state index contributed by atoms with van der Waals surface area (Å²) in [5.41, 5.74) is 3.50. The fourth-order valence-electron chi connectivity index (χ4n) is 8.03. The Morgan fingerprint density at radius 1 is 0.944 bits per heavy atom. The summed E-state index contributed by atoms with van der Waals surface area (Å²) >= 11 is 0. The van der Waals surface area contributed by atoms with Gasteiger partial charge in [-0.1, -0.05) is 66.7 Å². The highest BCUT2D eigenvalue weighted by atomic mass is 16.5. The zero-order valence-corrected chi connectivity index (χ0v) is 20.8. The van der Waals surface area contributed by atoms with Gasteiger partial charge in [-0.15, -0.1) is 0 Å². The number of ether oxygens (including phenoxy) is 1. The van der Waals surface area contributed by atoms with Gasteiger partial charge in [-0.2, -0.15) is 0 Å². The summed E-state index contributed by atoms with van der Waals surface area (Å²) in [6.45, 7) is 2.55. The molecule has 3 aromatic rings. The molecule has 0 amide bonds. The molecule has 0 radical (unpaired) electrons. The fraction of sp³-hybridized carbons (Fsp3) is 0.419. The smallest absolute Gasteiger partial charge is 0.165 e. The number of hydrogen-bond acceptors (Lipinski definition) is 5. The van der Waals surface area contributed by atoms with Crippen LogP contribution >= 0.6 is 0 Å². The van der Waals surface area contributed by atoms with Crippen LogP contribution in [-0.2, 0) is 24.9 Å². The molecule has 5 heteroatoms. The van der Waals surface area contributed by atoms with Gasteiger partial charge in [0.2, 0.25) is 0 Å². The molecule has 1 saturated heterocycles. The molecule has 36 heavy (non-hydrogen) atoms. The molecule has 2 bridgehead atoms. The highest BCUT2D eigenvalue weighted by molar-refractivity contribution is 5.62. The van der Waals surface area contributed by atoms with Gasteiger partial charge < -0.3 is 19.8 Å². The van der Waals surface area contributed by atoms with Gasteiger partial charge in [0.25, 0.3) is 0 Å². The molecular weight excluding hydrogens is 448 g/mol. The van der Waals surface area contributed by atoms with Gasteiger partial charge in [0, 0.05) is 30.7 Å². The number of aromatic hydroxyl groups is 1. The molecular formula is C31H34N2O3. The number of rotatable bonds is 5. The van der Waals surface area contributed by atoms with Crippen LogP contribution in [0.25, 0.3) is 0 Å². The van der Waals surface area contributed by atoms with Crippen molar-refractivity contribution in [2.75, 3.05) is 13.6 Å². The molecule has 2 aliphatic carbocycles. The molecule has 0 aromatic heterocycles. The highest BCUT2D eigenvalue weighted by Crippen LogP contribution is 2.65. The number of likely N-dealkylation sites (N-methyl/N-ethyl adjacent to an activating group) is 1. The molecule has 3 unspecified atom stereocenters. The van der Waals surface area contributed by atoms with Crippen LogP contribution in [0, 0.1) is 0 Å². The van der Waals surface area contributed by atoms with Gasteiger partial charge >= 0.3 is 0 Å². The maximum atomic E-state index is 12.5. The lowest BCUT2D eigenvalue weighted by molar-refractivity contribution is -0.197. The minimum absolute atomic E-state index is 0.0676. The van der Waals surface area contributed by atoms with Crippen LogP contribution in [0.2, 0.25) is 0 Å². The van der Waals surface area contributed by atoms with Crippen LogP contribution in [0.3, 0.4) is 0 Å². The number of likely N-dealkylation sites (tertiary alicyclic amines) is 1. The Morgan fingerprint density at radius 2 is 1.61 bits per heavy atom. The van der Waals surface area contributed by atoms with Gasteiger partial charge in [0.05, 0.1) is 11.0 Å². The largest absolute Gasteiger partial charge is 0.504 e. The first-order valence-electron chi connectivity index (χ1n) is 13.3. The van der Waals surface area contributed by atoms with E-state index in [-0.39, 0.29) is 23.9 Å². The van der Waals surface area contributed by atoms with E-state index in [2.05, 4.69) is 83.6 Å². The van der Waals surface area contributed by atoms with Crippen LogP contribution in [0.5, 0.6) is 11.5 Å². The first-order chi connectivity index (χ1) is 17.5. The van der Waals surface area contributed by atoms with Crippen LogP contribution in [0.4, 0.5) is 0 Å². The Morgan fingerprint density at radius 3 is 2.28 bits per heavy atom. The van der Waals surface area contributed by atoms with Crippen molar-refractivity contribution in [2.45, 2.75) is 68.0 Å². The zero-order valence-electron chi connectivity index (χ0n) is 20.8. The van der Waals surface area contributed by atoms with E-state index in [0.29, 0.717) is 5.75 Å². The minimum Gasteiger partial charge on any atom is -0.504 e. The zero-order chi connectivity index (χ0) is 24.5. The molecule has 186 valence electrons. The number of piperidine rings is 1. The Hall–Kier alpha value is -2.86. The van der Waals surface area contributed by atoms with E-state index in [4.69, 9.17) is 4.74 Å². The lowest BCUT2D eigenvalue weighted by Gasteiger charge is -2.64. The number of aliphatic hydroxyl groups is 1. The number of nitrogens with zero attached hydrogens (tertiary/aromatic N) is 2. The maximum absolute atomic E-state index is 12.5. The summed E-state index contributed by atoms with van der Waals surface area (Å²) in [5.74, 6) is 0.818. The topological polar surface area (TPSA) is 56.2 Å². The molecule has 5 atom stereocenters. The third-order valence-electron chi connectivity index (χ3n) is 9.62. The lowest BCUT2D eigenvalue weighted by Crippen LogP contribution is -2.77. The van der Waals surface area contributed by atoms with Gasteiger partial charge in [-0.05, 0) is 62.0 Å². The summed E-state index contributed by atoms with van der Waals surface area (Å²) in [6, 6.07) is 25.3. The Balaban J connectivity index is 1.35. The fourth-order valence-corrected chi connectivity index (χ4v) is 8.03. The monoisotopic (exact) mass is 482 g/mol. The Labute approximate surface area is 212 Å².